The topological polar surface area (TPSA) is 65.8 Å². The predicted octanol–water partition coefficient (Wildman–Crippen LogP) is 4.57. The Morgan fingerprint density at radius 2 is 2.08 bits per heavy atom. The minimum Gasteiger partial charge on any atom is -0.375 e. The van der Waals surface area contributed by atoms with Crippen molar-refractivity contribution in [2.24, 2.45) is 11.8 Å². The number of carbonyl (C=O) groups is 1. The largest absolute Gasteiger partial charge is 0.375 e. The minimum atomic E-state index is -0.0976. The van der Waals surface area contributed by atoms with Crippen molar-refractivity contribution in [3.05, 3.63) is 83.7 Å². The molecule has 4 heteroatoms. The number of allylic oxidation sites excluding steroid dienone is 4. The van der Waals surface area contributed by atoms with Crippen molar-refractivity contribution < 1.29 is 4.79 Å². The monoisotopic (exact) mass is 343 g/mol. The molecule has 4 rings (SSSR count). The van der Waals surface area contributed by atoms with E-state index in [-0.39, 0.29) is 23.7 Å². The van der Waals surface area contributed by atoms with Crippen LogP contribution in [0.5, 0.6) is 0 Å². The predicted molar refractivity (Wildman–Crippen MR) is 104 cm³/mol. The van der Waals surface area contributed by atoms with Crippen molar-refractivity contribution in [2.45, 2.75) is 19.4 Å². The van der Waals surface area contributed by atoms with Gasteiger partial charge in [0.1, 0.15) is 0 Å². The number of nitrogens with one attached hydrogen (secondary N) is 2. The summed E-state index contributed by atoms with van der Waals surface area (Å²) in [7, 11) is 0. The van der Waals surface area contributed by atoms with Crippen LogP contribution in [0.2, 0.25) is 0 Å². The number of hydrogen-bond donors (Lipinski definition) is 2. The smallest absolute Gasteiger partial charge is 0.160 e. The molecule has 0 amide bonds. The fraction of sp³-hybridized carbons (Fsp3) is 0.227. The van der Waals surface area contributed by atoms with Gasteiger partial charge in [0, 0.05) is 34.6 Å². The van der Waals surface area contributed by atoms with Crippen molar-refractivity contribution in [3.8, 4) is 0 Å². The number of aromatic nitrogens is 1. The molecule has 0 spiro atoms. The zero-order valence-corrected chi connectivity index (χ0v) is 14.6. The van der Waals surface area contributed by atoms with Crippen LogP contribution in [0.25, 0.3) is 0 Å². The lowest BCUT2D eigenvalue weighted by Gasteiger charge is -2.39. The standard InChI is InChI=1S/C22H21N3O/c1-14(26)16-10-7-12-17-20(16)21(23)19(15-8-3-2-4-9-15)22(25-17)18-11-5-6-13-24-18/h2-8,10-13,15,19,22-23,25H,9H2,1H3. The molecule has 1 aliphatic heterocycles. The van der Waals surface area contributed by atoms with Gasteiger partial charge in [-0.1, -0.05) is 42.5 Å². The van der Waals surface area contributed by atoms with E-state index in [4.69, 9.17) is 5.41 Å². The number of benzene rings is 1. The van der Waals surface area contributed by atoms with Gasteiger partial charge < -0.3 is 10.7 Å². The SMILES string of the molecule is CC(=O)c1cccc2c1C(=N)C(C1C=CC=CC1)C(c1ccccn1)N2. The Labute approximate surface area is 153 Å². The summed E-state index contributed by atoms with van der Waals surface area (Å²) in [5.74, 6) is 0.0989. The summed E-state index contributed by atoms with van der Waals surface area (Å²) in [4.78, 5) is 16.7. The number of pyridine rings is 1. The van der Waals surface area contributed by atoms with E-state index < -0.39 is 0 Å². The molecular formula is C22H21N3O. The van der Waals surface area contributed by atoms with Gasteiger partial charge in [-0.15, -0.1) is 0 Å². The van der Waals surface area contributed by atoms with Crippen LogP contribution in [0.15, 0.2) is 66.9 Å². The Balaban J connectivity index is 1.85. The van der Waals surface area contributed by atoms with Crippen molar-refractivity contribution in [1.82, 2.24) is 4.98 Å². The van der Waals surface area contributed by atoms with Crippen LogP contribution in [0.1, 0.15) is 41.0 Å². The number of rotatable bonds is 3. The van der Waals surface area contributed by atoms with E-state index >= 15 is 0 Å². The normalized spacial score (nSPS) is 24.0. The second kappa shape index (κ2) is 6.71. The number of Topliss-reactive ketones (excluding diaryl/α,β-unsaturated/α-hetero) is 1. The van der Waals surface area contributed by atoms with Crippen molar-refractivity contribution in [2.75, 3.05) is 5.32 Å². The molecule has 26 heavy (non-hydrogen) atoms. The molecule has 0 radical (unpaired) electrons. The Morgan fingerprint density at radius 3 is 2.77 bits per heavy atom. The van der Waals surface area contributed by atoms with E-state index in [1.807, 2.05) is 48.6 Å². The van der Waals surface area contributed by atoms with Gasteiger partial charge >= 0.3 is 0 Å². The highest BCUT2D eigenvalue weighted by Gasteiger charge is 2.39. The molecule has 2 aliphatic rings. The number of fused-ring (bicyclic) bond motifs is 1. The summed E-state index contributed by atoms with van der Waals surface area (Å²) in [6, 6.07) is 11.4. The van der Waals surface area contributed by atoms with E-state index in [9.17, 15) is 4.79 Å². The molecule has 3 unspecified atom stereocenters. The molecule has 3 atom stereocenters. The van der Waals surface area contributed by atoms with Gasteiger partial charge in [0.05, 0.1) is 11.7 Å². The van der Waals surface area contributed by atoms with Crippen molar-refractivity contribution in [1.29, 1.82) is 5.41 Å². The Kier molecular flexibility index (Phi) is 4.25. The second-order valence-corrected chi connectivity index (χ2v) is 6.81. The minimum absolute atomic E-state index is 0.0116. The van der Waals surface area contributed by atoms with E-state index in [0.29, 0.717) is 11.3 Å². The summed E-state index contributed by atoms with van der Waals surface area (Å²) in [6.45, 7) is 1.56. The zero-order valence-electron chi connectivity index (χ0n) is 14.6. The van der Waals surface area contributed by atoms with Crippen molar-refractivity contribution in [3.63, 3.8) is 0 Å². The molecule has 130 valence electrons. The highest BCUT2D eigenvalue weighted by Crippen LogP contribution is 2.43. The van der Waals surface area contributed by atoms with Gasteiger partial charge in [0.2, 0.25) is 0 Å². The number of ketones is 1. The second-order valence-electron chi connectivity index (χ2n) is 6.81. The third-order valence-electron chi connectivity index (χ3n) is 5.20. The number of nitrogens with zero attached hydrogens (tertiary/aromatic N) is 1. The lowest BCUT2D eigenvalue weighted by molar-refractivity contribution is 0.101. The molecule has 0 saturated heterocycles. The molecule has 1 aromatic heterocycles. The molecule has 0 saturated carbocycles. The lowest BCUT2D eigenvalue weighted by Crippen LogP contribution is -2.39. The van der Waals surface area contributed by atoms with Gasteiger partial charge in [-0.05, 0) is 37.5 Å². The number of hydrogen-bond acceptors (Lipinski definition) is 4. The molecule has 2 N–H and O–H groups in total. The molecular weight excluding hydrogens is 322 g/mol. The number of anilines is 1. The lowest BCUT2D eigenvalue weighted by atomic mass is 9.72. The highest BCUT2D eigenvalue weighted by atomic mass is 16.1. The summed E-state index contributed by atoms with van der Waals surface area (Å²) >= 11 is 0. The van der Waals surface area contributed by atoms with Gasteiger partial charge in [-0.3, -0.25) is 9.78 Å². The average Bonchev–Trinajstić information content (AvgIpc) is 2.68. The van der Waals surface area contributed by atoms with Crippen LogP contribution in [0.3, 0.4) is 0 Å². The van der Waals surface area contributed by atoms with Crippen LogP contribution in [0, 0.1) is 17.2 Å². The van der Waals surface area contributed by atoms with Gasteiger partial charge in [0.15, 0.2) is 5.78 Å². The molecule has 1 aliphatic carbocycles. The van der Waals surface area contributed by atoms with Crippen LogP contribution >= 0.6 is 0 Å². The third-order valence-corrected chi connectivity index (χ3v) is 5.20. The fourth-order valence-electron chi connectivity index (χ4n) is 3.99. The van der Waals surface area contributed by atoms with Crippen LogP contribution in [-0.2, 0) is 0 Å². The number of carbonyl (C=O) groups excluding carboxylic acids is 1. The van der Waals surface area contributed by atoms with E-state index in [0.717, 1.165) is 23.4 Å². The summed E-state index contributed by atoms with van der Waals surface area (Å²) < 4.78 is 0. The first-order chi connectivity index (χ1) is 12.7. The maximum absolute atomic E-state index is 12.1. The molecule has 0 fully saturated rings. The van der Waals surface area contributed by atoms with E-state index in [1.165, 1.54) is 0 Å². The molecule has 2 aromatic rings. The highest BCUT2D eigenvalue weighted by molar-refractivity contribution is 6.15. The Hall–Kier alpha value is -3.01. The van der Waals surface area contributed by atoms with Gasteiger partial charge in [-0.25, -0.2) is 0 Å². The Bertz CT molecular complexity index is 914. The molecule has 2 heterocycles. The maximum atomic E-state index is 12.1. The van der Waals surface area contributed by atoms with E-state index in [2.05, 4.69) is 22.5 Å². The third kappa shape index (κ3) is 2.77. The van der Waals surface area contributed by atoms with Gasteiger partial charge in [0.25, 0.3) is 0 Å². The first-order valence-corrected chi connectivity index (χ1v) is 8.90. The van der Waals surface area contributed by atoms with Crippen LogP contribution in [0.4, 0.5) is 5.69 Å². The summed E-state index contributed by atoms with van der Waals surface area (Å²) in [6.07, 6.45) is 11.1. The molecule has 0 bridgehead atoms. The first kappa shape index (κ1) is 16.5. The van der Waals surface area contributed by atoms with E-state index in [1.54, 1.807) is 13.1 Å². The Morgan fingerprint density at radius 1 is 1.19 bits per heavy atom. The zero-order chi connectivity index (χ0) is 18.1. The average molecular weight is 343 g/mol. The van der Waals surface area contributed by atoms with Crippen molar-refractivity contribution >= 4 is 17.2 Å². The fourth-order valence-corrected chi connectivity index (χ4v) is 3.99. The summed E-state index contributed by atoms with van der Waals surface area (Å²) in [5, 5.41) is 12.6. The maximum Gasteiger partial charge on any atom is 0.160 e. The molecule has 1 aromatic carbocycles. The van der Waals surface area contributed by atoms with Gasteiger partial charge in [-0.2, -0.15) is 0 Å². The molecule has 4 nitrogen and oxygen atoms in total. The van der Waals surface area contributed by atoms with Crippen LogP contribution in [-0.4, -0.2) is 16.5 Å². The quantitative estimate of drug-likeness (QED) is 0.803. The van der Waals surface area contributed by atoms with Crippen LogP contribution < -0.4 is 5.32 Å². The first-order valence-electron chi connectivity index (χ1n) is 8.90. The summed E-state index contributed by atoms with van der Waals surface area (Å²) in [5.41, 5.74) is 3.62.